The zero-order chi connectivity index (χ0) is 11.1. The third-order valence-electron chi connectivity index (χ3n) is 1.89. The van der Waals surface area contributed by atoms with Gasteiger partial charge in [0, 0.05) is 25.5 Å². The summed E-state index contributed by atoms with van der Waals surface area (Å²) in [6, 6.07) is 4.02. The second-order valence-corrected chi connectivity index (χ2v) is 4.49. The number of hydrogen-bond acceptors (Lipinski definition) is 3. The van der Waals surface area contributed by atoms with Gasteiger partial charge in [0.25, 0.3) is 0 Å². The van der Waals surface area contributed by atoms with Crippen molar-refractivity contribution >= 4 is 0 Å². The van der Waals surface area contributed by atoms with E-state index in [0.29, 0.717) is 0 Å². The number of hydrogen-bond donors (Lipinski definition) is 1. The molecule has 0 aliphatic carbocycles. The minimum Gasteiger partial charge on any atom is -0.375 e. The summed E-state index contributed by atoms with van der Waals surface area (Å²) in [7, 11) is 0. The molecule has 0 atom stereocenters. The van der Waals surface area contributed by atoms with E-state index in [1.165, 1.54) is 5.56 Å². The molecule has 0 bridgehead atoms. The number of ether oxygens (including phenoxy) is 1. The predicted molar refractivity (Wildman–Crippen MR) is 61.6 cm³/mol. The molecular formula is C12H20N2O. The highest BCUT2D eigenvalue weighted by Gasteiger charge is 2.08. The first-order chi connectivity index (χ1) is 7.08. The van der Waals surface area contributed by atoms with E-state index in [2.05, 4.69) is 31.1 Å². The van der Waals surface area contributed by atoms with Crippen molar-refractivity contribution in [1.29, 1.82) is 0 Å². The van der Waals surface area contributed by atoms with E-state index in [-0.39, 0.29) is 5.60 Å². The lowest BCUT2D eigenvalue weighted by Gasteiger charge is -2.19. The summed E-state index contributed by atoms with van der Waals surface area (Å²) in [6.07, 6.45) is 3.62. The topological polar surface area (TPSA) is 34.1 Å². The van der Waals surface area contributed by atoms with Crippen LogP contribution in [-0.2, 0) is 11.3 Å². The number of nitrogens with zero attached hydrogens (tertiary/aromatic N) is 1. The van der Waals surface area contributed by atoms with Gasteiger partial charge in [-0.1, -0.05) is 0 Å². The molecule has 0 aliphatic heterocycles. The minimum absolute atomic E-state index is 0.0433. The highest BCUT2D eigenvalue weighted by molar-refractivity contribution is 5.08. The van der Waals surface area contributed by atoms with Crippen LogP contribution >= 0.6 is 0 Å². The Balaban J connectivity index is 2.08. The van der Waals surface area contributed by atoms with Crippen molar-refractivity contribution < 1.29 is 4.74 Å². The van der Waals surface area contributed by atoms with Gasteiger partial charge in [0.1, 0.15) is 0 Å². The number of rotatable bonds is 5. The van der Waals surface area contributed by atoms with Crippen molar-refractivity contribution in [3.63, 3.8) is 0 Å². The van der Waals surface area contributed by atoms with Crippen molar-refractivity contribution in [3.8, 4) is 0 Å². The summed E-state index contributed by atoms with van der Waals surface area (Å²) in [5.41, 5.74) is 1.21. The lowest BCUT2D eigenvalue weighted by atomic mass is 10.2. The van der Waals surface area contributed by atoms with E-state index < -0.39 is 0 Å². The van der Waals surface area contributed by atoms with Gasteiger partial charge in [-0.05, 0) is 38.5 Å². The first kappa shape index (κ1) is 12.1. The molecule has 0 amide bonds. The van der Waals surface area contributed by atoms with Crippen LogP contribution < -0.4 is 5.32 Å². The third-order valence-corrected chi connectivity index (χ3v) is 1.89. The van der Waals surface area contributed by atoms with Crippen LogP contribution in [0.3, 0.4) is 0 Å². The SMILES string of the molecule is CC(C)(C)OCCNCc1ccncc1. The van der Waals surface area contributed by atoms with Gasteiger partial charge in [0.2, 0.25) is 0 Å². The van der Waals surface area contributed by atoms with Crippen molar-refractivity contribution in [1.82, 2.24) is 10.3 Å². The second-order valence-electron chi connectivity index (χ2n) is 4.49. The lowest BCUT2D eigenvalue weighted by Crippen LogP contribution is -2.26. The Bertz CT molecular complexity index is 267. The number of pyridine rings is 1. The fourth-order valence-corrected chi connectivity index (χ4v) is 1.16. The molecule has 1 rings (SSSR count). The fraction of sp³-hybridized carbons (Fsp3) is 0.583. The van der Waals surface area contributed by atoms with Gasteiger partial charge in [0.05, 0.1) is 12.2 Å². The zero-order valence-electron chi connectivity index (χ0n) is 9.79. The monoisotopic (exact) mass is 208 g/mol. The van der Waals surface area contributed by atoms with E-state index in [4.69, 9.17) is 4.74 Å². The molecule has 1 aromatic heterocycles. The van der Waals surface area contributed by atoms with Crippen molar-refractivity contribution in [2.24, 2.45) is 0 Å². The summed E-state index contributed by atoms with van der Waals surface area (Å²) < 4.78 is 5.59. The highest BCUT2D eigenvalue weighted by Crippen LogP contribution is 2.05. The standard InChI is InChI=1S/C12H20N2O/c1-12(2,3)15-9-8-14-10-11-4-6-13-7-5-11/h4-7,14H,8-10H2,1-3H3. The van der Waals surface area contributed by atoms with Gasteiger partial charge in [-0.2, -0.15) is 0 Å². The Morgan fingerprint density at radius 3 is 2.53 bits per heavy atom. The predicted octanol–water partition coefficient (Wildman–Crippen LogP) is 1.99. The molecule has 84 valence electrons. The molecule has 1 heterocycles. The van der Waals surface area contributed by atoms with E-state index in [1.807, 2.05) is 24.5 Å². The van der Waals surface area contributed by atoms with Crippen LogP contribution in [0.5, 0.6) is 0 Å². The van der Waals surface area contributed by atoms with Crippen LogP contribution in [0.25, 0.3) is 0 Å². The molecule has 3 heteroatoms. The Kier molecular flexibility index (Phi) is 4.72. The van der Waals surface area contributed by atoms with Crippen LogP contribution in [0.2, 0.25) is 0 Å². The number of aromatic nitrogens is 1. The Labute approximate surface area is 91.9 Å². The molecule has 3 nitrogen and oxygen atoms in total. The van der Waals surface area contributed by atoms with Crippen LogP contribution in [0.4, 0.5) is 0 Å². The van der Waals surface area contributed by atoms with Gasteiger partial charge in [-0.15, -0.1) is 0 Å². The molecule has 0 fully saturated rings. The van der Waals surface area contributed by atoms with Crippen molar-refractivity contribution in [3.05, 3.63) is 30.1 Å². The maximum absolute atomic E-state index is 5.59. The molecule has 0 radical (unpaired) electrons. The molecule has 1 N–H and O–H groups in total. The van der Waals surface area contributed by atoms with Crippen molar-refractivity contribution in [2.45, 2.75) is 32.9 Å². The van der Waals surface area contributed by atoms with E-state index in [1.54, 1.807) is 0 Å². The molecule has 0 aromatic carbocycles. The molecule has 15 heavy (non-hydrogen) atoms. The van der Waals surface area contributed by atoms with E-state index in [9.17, 15) is 0 Å². The van der Waals surface area contributed by atoms with Crippen LogP contribution in [0, 0.1) is 0 Å². The maximum atomic E-state index is 5.59. The van der Waals surface area contributed by atoms with E-state index in [0.717, 1.165) is 19.7 Å². The first-order valence-corrected chi connectivity index (χ1v) is 5.31. The van der Waals surface area contributed by atoms with Crippen LogP contribution in [-0.4, -0.2) is 23.7 Å². The first-order valence-electron chi connectivity index (χ1n) is 5.31. The highest BCUT2D eigenvalue weighted by atomic mass is 16.5. The molecule has 0 unspecified atom stereocenters. The quantitative estimate of drug-likeness (QED) is 0.751. The van der Waals surface area contributed by atoms with Gasteiger partial charge in [-0.3, -0.25) is 4.98 Å². The fourth-order valence-electron chi connectivity index (χ4n) is 1.16. The molecule has 0 saturated heterocycles. The van der Waals surface area contributed by atoms with E-state index >= 15 is 0 Å². The van der Waals surface area contributed by atoms with Gasteiger partial charge in [-0.25, -0.2) is 0 Å². The zero-order valence-corrected chi connectivity index (χ0v) is 9.79. The number of nitrogens with one attached hydrogen (secondary N) is 1. The smallest absolute Gasteiger partial charge is 0.0599 e. The summed E-state index contributed by atoms with van der Waals surface area (Å²) in [5.74, 6) is 0. The minimum atomic E-state index is -0.0433. The van der Waals surface area contributed by atoms with Gasteiger partial charge >= 0.3 is 0 Å². The summed E-state index contributed by atoms with van der Waals surface area (Å²) >= 11 is 0. The lowest BCUT2D eigenvalue weighted by molar-refractivity contribution is -0.000885. The Hall–Kier alpha value is -0.930. The molecular weight excluding hydrogens is 188 g/mol. The molecule has 0 aliphatic rings. The maximum Gasteiger partial charge on any atom is 0.0599 e. The Morgan fingerprint density at radius 2 is 1.93 bits per heavy atom. The summed E-state index contributed by atoms with van der Waals surface area (Å²) in [4.78, 5) is 3.97. The summed E-state index contributed by atoms with van der Waals surface area (Å²) in [6.45, 7) is 8.69. The third kappa shape index (κ3) is 6.20. The molecule has 0 spiro atoms. The van der Waals surface area contributed by atoms with Crippen LogP contribution in [0.1, 0.15) is 26.3 Å². The molecule has 1 aromatic rings. The largest absolute Gasteiger partial charge is 0.375 e. The van der Waals surface area contributed by atoms with Crippen LogP contribution in [0.15, 0.2) is 24.5 Å². The average Bonchev–Trinajstić information content (AvgIpc) is 2.17. The average molecular weight is 208 g/mol. The second kappa shape index (κ2) is 5.83. The molecule has 0 saturated carbocycles. The Morgan fingerprint density at radius 1 is 1.27 bits per heavy atom. The van der Waals surface area contributed by atoms with Gasteiger partial charge < -0.3 is 10.1 Å². The van der Waals surface area contributed by atoms with Gasteiger partial charge in [0.15, 0.2) is 0 Å². The van der Waals surface area contributed by atoms with Crippen molar-refractivity contribution in [2.75, 3.05) is 13.2 Å². The summed E-state index contributed by atoms with van der Waals surface area (Å²) in [5, 5.41) is 3.32. The normalized spacial score (nSPS) is 11.7.